The third-order valence-electron chi connectivity index (χ3n) is 7.35. The first-order chi connectivity index (χ1) is 18.1. The van der Waals surface area contributed by atoms with E-state index in [0.717, 1.165) is 53.8 Å². The highest BCUT2D eigenvalue weighted by atomic mass is 32.1. The van der Waals surface area contributed by atoms with Crippen molar-refractivity contribution < 1.29 is 9.53 Å². The number of fused-ring (bicyclic) bond motifs is 1. The second-order valence-electron chi connectivity index (χ2n) is 10.4. The second kappa shape index (κ2) is 10.6. The Hall–Kier alpha value is -3.22. The molecule has 0 spiro atoms. The van der Waals surface area contributed by atoms with Crippen molar-refractivity contribution in [2.75, 3.05) is 20.1 Å². The van der Waals surface area contributed by atoms with Gasteiger partial charge in [-0.2, -0.15) is 0 Å². The normalized spacial score (nSPS) is 16.4. The largest absolute Gasteiger partial charge is 0.490 e. The lowest BCUT2D eigenvalue weighted by Gasteiger charge is -2.32. The monoisotopic (exact) mass is 511 g/mol. The van der Waals surface area contributed by atoms with Crippen molar-refractivity contribution in [3.05, 3.63) is 93.8 Å². The molecule has 0 N–H and O–H groups in total. The summed E-state index contributed by atoms with van der Waals surface area (Å²) in [5, 5.41) is 3.08. The Labute approximate surface area is 222 Å². The van der Waals surface area contributed by atoms with Crippen LogP contribution >= 0.6 is 11.3 Å². The van der Waals surface area contributed by atoms with E-state index in [2.05, 4.69) is 47.7 Å². The summed E-state index contributed by atoms with van der Waals surface area (Å²) in [7, 11) is 2.15. The van der Waals surface area contributed by atoms with Crippen LogP contribution in [0.15, 0.2) is 72.1 Å². The van der Waals surface area contributed by atoms with E-state index < -0.39 is 0 Å². The maximum Gasteiger partial charge on any atom is 0.254 e. The van der Waals surface area contributed by atoms with E-state index in [9.17, 15) is 4.79 Å². The lowest BCUT2D eigenvalue weighted by Crippen LogP contribution is -2.41. The smallest absolute Gasteiger partial charge is 0.254 e. The molecule has 2 fully saturated rings. The van der Waals surface area contributed by atoms with Crippen molar-refractivity contribution >= 4 is 28.1 Å². The first-order valence-corrected chi connectivity index (χ1v) is 14.2. The number of nitrogens with zero attached hydrogens (tertiary/aromatic N) is 3. The molecule has 37 heavy (non-hydrogen) atoms. The Morgan fingerprint density at radius 3 is 2.62 bits per heavy atom. The lowest BCUT2D eigenvalue weighted by atomic mass is 10.0. The number of aromatic nitrogens is 1. The minimum absolute atomic E-state index is 0.120. The molecule has 1 aliphatic heterocycles. The van der Waals surface area contributed by atoms with Crippen molar-refractivity contribution in [3.63, 3.8) is 0 Å². The van der Waals surface area contributed by atoms with Crippen LogP contribution in [-0.2, 0) is 13.1 Å². The maximum atomic E-state index is 13.6. The number of hydrogen-bond donors (Lipinski definition) is 0. The number of thiophene rings is 1. The third kappa shape index (κ3) is 5.71. The van der Waals surface area contributed by atoms with Crippen LogP contribution in [0.25, 0.3) is 10.9 Å². The minimum atomic E-state index is 0.120. The van der Waals surface area contributed by atoms with Crippen molar-refractivity contribution in [3.8, 4) is 5.75 Å². The van der Waals surface area contributed by atoms with Crippen LogP contribution in [0.2, 0.25) is 0 Å². The summed E-state index contributed by atoms with van der Waals surface area (Å²) in [5.74, 6) is 1.55. The van der Waals surface area contributed by atoms with Gasteiger partial charge in [0.1, 0.15) is 11.9 Å². The average Bonchev–Trinajstić information content (AvgIpc) is 3.65. The Kier molecular flexibility index (Phi) is 6.94. The molecule has 5 nitrogen and oxygen atoms in total. The van der Waals surface area contributed by atoms with Gasteiger partial charge in [0, 0.05) is 60.9 Å². The van der Waals surface area contributed by atoms with Crippen LogP contribution in [0, 0.1) is 0 Å². The topological polar surface area (TPSA) is 45.7 Å². The van der Waals surface area contributed by atoms with E-state index in [1.807, 2.05) is 41.3 Å². The van der Waals surface area contributed by atoms with E-state index in [0.29, 0.717) is 19.0 Å². The number of benzene rings is 2. The number of carbonyl (C=O) groups excluding carboxylic acids is 1. The summed E-state index contributed by atoms with van der Waals surface area (Å²) in [4.78, 5) is 24.1. The summed E-state index contributed by atoms with van der Waals surface area (Å²) in [6.07, 6.45) is 4.15. The van der Waals surface area contributed by atoms with Crippen LogP contribution in [-0.4, -0.2) is 46.9 Å². The van der Waals surface area contributed by atoms with Crippen LogP contribution in [0.1, 0.15) is 58.1 Å². The molecule has 2 aliphatic rings. The van der Waals surface area contributed by atoms with Crippen LogP contribution in [0.3, 0.4) is 0 Å². The number of para-hydroxylation sites is 1. The molecule has 0 unspecified atom stereocenters. The standard InChI is InChI=1S/C31H33N3O2S/c1-33(21-26-8-5-17-37-26)20-22-6-4-7-25(18-22)36-24-13-15-34(16-14-24)31(35)28-19-30(23-11-12-23)32-29-10-3-2-9-27(28)29/h2-10,17-19,23-24H,11-16,20-21H2,1H3. The van der Waals surface area contributed by atoms with Gasteiger partial charge in [0.25, 0.3) is 5.91 Å². The van der Waals surface area contributed by atoms with Crippen LogP contribution in [0.5, 0.6) is 5.75 Å². The molecule has 4 aromatic rings. The average molecular weight is 512 g/mol. The summed E-state index contributed by atoms with van der Waals surface area (Å²) < 4.78 is 6.38. The molecule has 0 atom stereocenters. The Morgan fingerprint density at radius 1 is 1.00 bits per heavy atom. The fourth-order valence-electron chi connectivity index (χ4n) is 5.25. The van der Waals surface area contributed by atoms with Crippen molar-refractivity contribution in [1.82, 2.24) is 14.8 Å². The summed E-state index contributed by atoms with van der Waals surface area (Å²) in [5.41, 5.74) is 4.04. The fraction of sp³-hybridized carbons (Fsp3) is 0.355. The highest BCUT2D eigenvalue weighted by molar-refractivity contribution is 7.09. The zero-order chi connectivity index (χ0) is 25.2. The number of hydrogen-bond acceptors (Lipinski definition) is 5. The SMILES string of the molecule is CN(Cc1cccc(OC2CCN(C(=O)c3cc(C4CC4)nc4ccccc34)CC2)c1)Cc1cccs1. The first-order valence-electron chi connectivity index (χ1n) is 13.3. The predicted molar refractivity (Wildman–Crippen MR) is 149 cm³/mol. The molecule has 2 aromatic heterocycles. The van der Waals surface area contributed by atoms with E-state index in [-0.39, 0.29) is 12.0 Å². The molecular weight excluding hydrogens is 478 g/mol. The van der Waals surface area contributed by atoms with E-state index in [1.165, 1.54) is 23.3 Å². The molecule has 1 saturated carbocycles. The van der Waals surface area contributed by atoms with Gasteiger partial charge in [0.05, 0.1) is 11.1 Å². The number of carbonyl (C=O) groups is 1. The number of ether oxygens (including phenoxy) is 1. The van der Waals surface area contributed by atoms with Crippen molar-refractivity contribution in [1.29, 1.82) is 0 Å². The summed E-state index contributed by atoms with van der Waals surface area (Å²) in [6, 6.07) is 22.8. The molecule has 190 valence electrons. The summed E-state index contributed by atoms with van der Waals surface area (Å²) >= 11 is 1.80. The lowest BCUT2D eigenvalue weighted by molar-refractivity contribution is 0.0597. The molecule has 6 rings (SSSR count). The molecule has 3 heterocycles. The Morgan fingerprint density at radius 2 is 1.84 bits per heavy atom. The molecule has 2 aromatic carbocycles. The molecule has 0 radical (unpaired) electrons. The van der Waals surface area contributed by atoms with Gasteiger partial charge in [-0.1, -0.05) is 36.4 Å². The fourth-order valence-corrected chi connectivity index (χ4v) is 6.04. The van der Waals surface area contributed by atoms with Crippen molar-refractivity contribution in [2.45, 2.75) is 50.8 Å². The van der Waals surface area contributed by atoms with Gasteiger partial charge >= 0.3 is 0 Å². The van der Waals surface area contributed by atoms with Gasteiger partial charge < -0.3 is 9.64 Å². The Balaban J connectivity index is 1.07. The number of likely N-dealkylation sites (tertiary alicyclic amines) is 1. The molecule has 6 heteroatoms. The van der Waals surface area contributed by atoms with Gasteiger partial charge in [0.2, 0.25) is 0 Å². The maximum absolute atomic E-state index is 13.6. The van der Waals surface area contributed by atoms with E-state index in [4.69, 9.17) is 9.72 Å². The van der Waals surface area contributed by atoms with Crippen LogP contribution < -0.4 is 4.74 Å². The molecule has 1 saturated heterocycles. The zero-order valence-corrected chi connectivity index (χ0v) is 22.1. The number of rotatable bonds is 8. The predicted octanol–water partition coefficient (Wildman–Crippen LogP) is 6.49. The quantitative estimate of drug-likeness (QED) is 0.271. The van der Waals surface area contributed by atoms with Crippen LogP contribution in [0.4, 0.5) is 0 Å². The Bertz CT molecular complexity index is 1370. The molecule has 0 bridgehead atoms. The number of amides is 1. The highest BCUT2D eigenvalue weighted by Gasteiger charge is 2.29. The van der Waals surface area contributed by atoms with Gasteiger partial charge in [-0.25, -0.2) is 0 Å². The van der Waals surface area contributed by atoms with Gasteiger partial charge in [-0.05, 0) is 61.2 Å². The van der Waals surface area contributed by atoms with E-state index in [1.54, 1.807) is 11.3 Å². The van der Waals surface area contributed by atoms with E-state index >= 15 is 0 Å². The van der Waals surface area contributed by atoms with Crippen molar-refractivity contribution in [2.24, 2.45) is 0 Å². The molecule has 1 amide bonds. The summed E-state index contributed by atoms with van der Waals surface area (Å²) in [6.45, 7) is 3.25. The third-order valence-corrected chi connectivity index (χ3v) is 8.21. The first kappa shape index (κ1) is 24.1. The number of pyridine rings is 1. The number of piperidine rings is 1. The van der Waals surface area contributed by atoms with Gasteiger partial charge in [-0.3, -0.25) is 14.7 Å². The molecular formula is C31H33N3O2S. The second-order valence-corrected chi connectivity index (χ2v) is 11.4. The zero-order valence-electron chi connectivity index (χ0n) is 21.3. The van der Waals surface area contributed by atoms with Gasteiger partial charge in [0.15, 0.2) is 0 Å². The minimum Gasteiger partial charge on any atom is -0.490 e. The molecule has 1 aliphatic carbocycles. The highest BCUT2D eigenvalue weighted by Crippen LogP contribution is 2.40. The van der Waals surface area contributed by atoms with Gasteiger partial charge in [-0.15, -0.1) is 11.3 Å².